The van der Waals surface area contributed by atoms with E-state index in [0.717, 1.165) is 0 Å². The second-order valence-corrected chi connectivity index (χ2v) is 4.44. The van der Waals surface area contributed by atoms with Crippen LogP contribution in [0.15, 0.2) is 12.1 Å². The van der Waals surface area contributed by atoms with E-state index in [1.54, 1.807) is 12.1 Å². The van der Waals surface area contributed by atoms with Crippen molar-refractivity contribution in [2.75, 3.05) is 14.2 Å². The van der Waals surface area contributed by atoms with E-state index in [9.17, 15) is 9.90 Å². The van der Waals surface area contributed by atoms with Gasteiger partial charge in [-0.25, -0.2) is 0 Å². The predicted octanol–water partition coefficient (Wildman–Crippen LogP) is 2.65. The molecule has 0 aromatic heterocycles. The number of hydrogen-bond acceptors (Lipinski definition) is 4. The second-order valence-electron chi connectivity index (χ2n) is 4.03. The van der Waals surface area contributed by atoms with E-state index in [1.165, 1.54) is 14.2 Å². The average molecular weight is 289 g/mol. The van der Waals surface area contributed by atoms with Gasteiger partial charge >= 0.3 is 5.97 Å². The number of aliphatic hydroxyl groups is 1. The van der Waals surface area contributed by atoms with Gasteiger partial charge in [0.2, 0.25) is 0 Å². The smallest absolute Gasteiger partial charge is 0.303 e. The third kappa shape index (κ3) is 4.29. The van der Waals surface area contributed by atoms with Crippen LogP contribution in [0.3, 0.4) is 0 Å². The van der Waals surface area contributed by atoms with Gasteiger partial charge in [-0.3, -0.25) is 4.79 Å². The molecule has 0 amide bonds. The summed E-state index contributed by atoms with van der Waals surface area (Å²) < 4.78 is 10.2. The molecule has 1 aromatic rings. The van der Waals surface area contributed by atoms with Gasteiger partial charge in [-0.15, -0.1) is 0 Å². The molecule has 0 unspecified atom stereocenters. The van der Waals surface area contributed by atoms with E-state index in [0.29, 0.717) is 34.9 Å². The van der Waals surface area contributed by atoms with Crippen molar-refractivity contribution >= 4 is 17.6 Å². The molecule has 106 valence electrons. The van der Waals surface area contributed by atoms with E-state index >= 15 is 0 Å². The molecule has 0 fully saturated rings. The molecule has 2 N–H and O–H groups in total. The fourth-order valence-corrected chi connectivity index (χ4v) is 2.01. The Kier molecular flexibility index (Phi) is 5.92. The van der Waals surface area contributed by atoms with Crippen molar-refractivity contribution in [3.8, 4) is 11.5 Å². The second kappa shape index (κ2) is 7.21. The number of benzene rings is 1. The van der Waals surface area contributed by atoms with E-state index in [1.807, 2.05) is 0 Å². The Balaban J connectivity index is 2.84. The monoisotopic (exact) mass is 288 g/mol. The van der Waals surface area contributed by atoms with Crippen LogP contribution in [-0.4, -0.2) is 30.4 Å². The number of aliphatic hydroxyl groups excluding tert-OH is 1. The van der Waals surface area contributed by atoms with Gasteiger partial charge in [-0.05, 0) is 18.9 Å². The molecule has 0 radical (unpaired) electrons. The molecule has 0 spiro atoms. The van der Waals surface area contributed by atoms with Gasteiger partial charge in [0.05, 0.1) is 25.3 Å². The summed E-state index contributed by atoms with van der Waals surface area (Å²) in [5.41, 5.74) is 0.504. The SMILES string of the molecule is COc1cc(Cl)c([C@@H](O)CCCC(=O)O)cc1OC. The average Bonchev–Trinajstić information content (AvgIpc) is 2.37. The number of ether oxygens (including phenoxy) is 2. The molecule has 0 aliphatic rings. The Hall–Kier alpha value is -1.46. The summed E-state index contributed by atoms with van der Waals surface area (Å²) in [4.78, 5) is 10.4. The highest BCUT2D eigenvalue weighted by Crippen LogP contribution is 2.37. The highest BCUT2D eigenvalue weighted by Gasteiger charge is 2.16. The lowest BCUT2D eigenvalue weighted by Gasteiger charge is -2.15. The highest BCUT2D eigenvalue weighted by atomic mass is 35.5. The van der Waals surface area contributed by atoms with Gasteiger partial charge in [-0.1, -0.05) is 11.6 Å². The number of aliphatic carboxylic acids is 1. The van der Waals surface area contributed by atoms with Crippen LogP contribution in [0.25, 0.3) is 0 Å². The van der Waals surface area contributed by atoms with Crippen LogP contribution in [0.2, 0.25) is 5.02 Å². The zero-order valence-electron chi connectivity index (χ0n) is 10.9. The number of rotatable bonds is 7. The molecular weight excluding hydrogens is 272 g/mol. The summed E-state index contributed by atoms with van der Waals surface area (Å²) in [6.07, 6.45) is -0.114. The number of halogens is 1. The van der Waals surface area contributed by atoms with E-state index in [2.05, 4.69) is 0 Å². The van der Waals surface area contributed by atoms with Crippen LogP contribution in [0.5, 0.6) is 11.5 Å². The topological polar surface area (TPSA) is 76.0 Å². The molecule has 0 saturated heterocycles. The Morgan fingerprint density at radius 1 is 1.32 bits per heavy atom. The normalized spacial score (nSPS) is 12.0. The van der Waals surface area contributed by atoms with Crippen molar-refractivity contribution in [3.05, 3.63) is 22.7 Å². The van der Waals surface area contributed by atoms with E-state index in [-0.39, 0.29) is 6.42 Å². The Bertz CT molecular complexity index is 447. The van der Waals surface area contributed by atoms with Gasteiger partial charge in [0.25, 0.3) is 0 Å². The van der Waals surface area contributed by atoms with Gasteiger partial charge in [-0.2, -0.15) is 0 Å². The maximum absolute atomic E-state index is 10.4. The molecule has 0 bridgehead atoms. The van der Waals surface area contributed by atoms with Gasteiger partial charge in [0.1, 0.15) is 0 Å². The molecule has 1 rings (SSSR count). The number of methoxy groups -OCH3 is 2. The molecule has 0 aliphatic heterocycles. The molecule has 0 aliphatic carbocycles. The summed E-state index contributed by atoms with van der Waals surface area (Å²) in [5, 5.41) is 18.9. The Morgan fingerprint density at radius 3 is 2.42 bits per heavy atom. The molecule has 6 heteroatoms. The van der Waals surface area contributed by atoms with Gasteiger partial charge < -0.3 is 19.7 Å². The maximum atomic E-state index is 10.4. The number of carboxylic acid groups (broad SMARTS) is 1. The first-order valence-corrected chi connectivity index (χ1v) is 6.18. The van der Waals surface area contributed by atoms with Crippen molar-refractivity contribution in [2.45, 2.75) is 25.4 Å². The zero-order chi connectivity index (χ0) is 14.4. The highest BCUT2D eigenvalue weighted by molar-refractivity contribution is 6.31. The van der Waals surface area contributed by atoms with Gasteiger partial charge in [0.15, 0.2) is 11.5 Å². The van der Waals surface area contributed by atoms with Crippen molar-refractivity contribution in [3.63, 3.8) is 0 Å². The zero-order valence-corrected chi connectivity index (χ0v) is 11.6. The lowest BCUT2D eigenvalue weighted by molar-refractivity contribution is -0.137. The summed E-state index contributed by atoms with van der Waals surface area (Å²) in [6, 6.07) is 3.17. The van der Waals surface area contributed by atoms with Crippen LogP contribution in [-0.2, 0) is 4.79 Å². The van der Waals surface area contributed by atoms with Crippen molar-refractivity contribution < 1.29 is 24.5 Å². The summed E-state index contributed by atoms with van der Waals surface area (Å²) in [5.74, 6) is 0.0683. The van der Waals surface area contributed by atoms with Gasteiger partial charge in [0, 0.05) is 18.1 Å². The van der Waals surface area contributed by atoms with Crippen molar-refractivity contribution in [1.29, 1.82) is 0 Å². The van der Waals surface area contributed by atoms with Crippen LogP contribution in [0, 0.1) is 0 Å². The lowest BCUT2D eigenvalue weighted by Crippen LogP contribution is -2.02. The lowest BCUT2D eigenvalue weighted by atomic mass is 10.0. The number of hydrogen-bond donors (Lipinski definition) is 2. The third-order valence-electron chi connectivity index (χ3n) is 2.73. The minimum atomic E-state index is -0.884. The van der Waals surface area contributed by atoms with E-state index < -0.39 is 12.1 Å². The fraction of sp³-hybridized carbons (Fsp3) is 0.462. The maximum Gasteiger partial charge on any atom is 0.303 e. The summed E-state index contributed by atoms with van der Waals surface area (Å²) >= 11 is 6.06. The quantitative estimate of drug-likeness (QED) is 0.806. The number of carboxylic acids is 1. The third-order valence-corrected chi connectivity index (χ3v) is 3.06. The predicted molar refractivity (Wildman–Crippen MR) is 71.0 cm³/mol. The Morgan fingerprint density at radius 2 is 1.89 bits per heavy atom. The van der Waals surface area contributed by atoms with Crippen LogP contribution < -0.4 is 9.47 Å². The standard InChI is InChI=1S/C13H17ClO5/c1-18-11-6-8(9(14)7-12(11)19-2)10(15)4-3-5-13(16)17/h6-7,10,15H,3-5H2,1-2H3,(H,16,17)/t10-/m0/s1. The molecular formula is C13H17ClO5. The number of carbonyl (C=O) groups is 1. The first kappa shape index (κ1) is 15.6. The Labute approximate surface area is 116 Å². The molecule has 1 aromatic carbocycles. The first-order chi connectivity index (χ1) is 8.99. The van der Waals surface area contributed by atoms with Crippen LogP contribution >= 0.6 is 11.6 Å². The largest absolute Gasteiger partial charge is 0.493 e. The molecule has 0 heterocycles. The molecule has 0 saturated carbocycles. The van der Waals surface area contributed by atoms with E-state index in [4.69, 9.17) is 26.2 Å². The van der Waals surface area contributed by atoms with Crippen molar-refractivity contribution in [2.24, 2.45) is 0 Å². The first-order valence-electron chi connectivity index (χ1n) is 5.80. The van der Waals surface area contributed by atoms with Crippen LogP contribution in [0.1, 0.15) is 30.9 Å². The van der Waals surface area contributed by atoms with Crippen LogP contribution in [0.4, 0.5) is 0 Å². The molecule has 1 atom stereocenters. The van der Waals surface area contributed by atoms with Crippen molar-refractivity contribution in [1.82, 2.24) is 0 Å². The molecule has 5 nitrogen and oxygen atoms in total. The minimum Gasteiger partial charge on any atom is -0.493 e. The summed E-state index contributed by atoms with van der Waals surface area (Å²) in [6.45, 7) is 0. The molecule has 19 heavy (non-hydrogen) atoms. The fourth-order valence-electron chi connectivity index (χ4n) is 1.73. The summed E-state index contributed by atoms with van der Waals surface area (Å²) in [7, 11) is 2.99. The minimum absolute atomic E-state index is 0.0158.